The maximum Gasteiger partial charge on any atom is 0.328 e. The van der Waals surface area contributed by atoms with Crippen molar-refractivity contribution in [2.75, 3.05) is 0 Å². The fraction of sp³-hybridized carbons (Fsp3) is 0.0909. The van der Waals surface area contributed by atoms with E-state index in [4.69, 9.17) is 5.11 Å². The molecular formula is C11H11N3O4. The van der Waals surface area contributed by atoms with Gasteiger partial charge in [-0.2, -0.15) is 0 Å². The van der Waals surface area contributed by atoms with Crippen LogP contribution in [0.5, 0.6) is 0 Å². The standard InChI is InChI=1S/C11H11N3O4/c15-9(4-5-10(16)17)14-11(18)13-7-8-3-1-2-6-12-8/h1-6H,7H2,(H,16,17)(H2,13,14,15,18)/b5-4+. The van der Waals surface area contributed by atoms with Gasteiger partial charge in [-0.1, -0.05) is 6.07 Å². The van der Waals surface area contributed by atoms with Gasteiger partial charge in [0, 0.05) is 18.3 Å². The summed E-state index contributed by atoms with van der Waals surface area (Å²) in [7, 11) is 0. The third kappa shape index (κ3) is 5.40. The lowest BCUT2D eigenvalue weighted by atomic mass is 10.3. The molecule has 1 rings (SSSR count). The lowest BCUT2D eigenvalue weighted by molar-refractivity contribution is -0.131. The maximum atomic E-state index is 11.2. The Labute approximate surface area is 103 Å². The van der Waals surface area contributed by atoms with Gasteiger partial charge >= 0.3 is 12.0 Å². The van der Waals surface area contributed by atoms with Crippen molar-refractivity contribution in [3.8, 4) is 0 Å². The molecule has 0 aliphatic carbocycles. The van der Waals surface area contributed by atoms with Crippen LogP contribution in [0, 0.1) is 0 Å². The first kappa shape index (κ1) is 13.4. The van der Waals surface area contributed by atoms with E-state index >= 15 is 0 Å². The number of carboxylic acids is 1. The van der Waals surface area contributed by atoms with E-state index in [2.05, 4.69) is 10.3 Å². The number of urea groups is 1. The van der Waals surface area contributed by atoms with Crippen LogP contribution >= 0.6 is 0 Å². The summed E-state index contributed by atoms with van der Waals surface area (Å²) in [6.07, 6.45) is 2.97. The van der Waals surface area contributed by atoms with E-state index in [0.29, 0.717) is 11.8 Å². The van der Waals surface area contributed by atoms with E-state index in [-0.39, 0.29) is 6.54 Å². The lowest BCUT2D eigenvalue weighted by Crippen LogP contribution is -2.38. The summed E-state index contributed by atoms with van der Waals surface area (Å²) < 4.78 is 0. The Bertz CT molecular complexity index is 470. The fourth-order valence-electron chi connectivity index (χ4n) is 1.02. The number of carboxylic acid groups (broad SMARTS) is 1. The first-order valence-corrected chi connectivity index (χ1v) is 4.97. The number of amides is 3. The summed E-state index contributed by atoms with van der Waals surface area (Å²) in [5.41, 5.74) is 0.640. The van der Waals surface area contributed by atoms with Gasteiger partial charge in [-0.25, -0.2) is 9.59 Å². The Hall–Kier alpha value is -2.70. The van der Waals surface area contributed by atoms with Crippen LogP contribution in [0.2, 0.25) is 0 Å². The summed E-state index contributed by atoms with van der Waals surface area (Å²) in [5.74, 6) is -2.07. The Balaban J connectivity index is 2.34. The summed E-state index contributed by atoms with van der Waals surface area (Å²) in [6, 6.07) is 4.50. The van der Waals surface area contributed by atoms with E-state index in [1.165, 1.54) is 0 Å². The highest BCUT2D eigenvalue weighted by Gasteiger charge is 2.04. The second-order valence-corrected chi connectivity index (χ2v) is 3.16. The number of rotatable bonds is 4. The summed E-state index contributed by atoms with van der Waals surface area (Å²) in [6.45, 7) is 0.169. The predicted octanol–water partition coefficient (Wildman–Crippen LogP) is 0.0482. The number of imide groups is 1. The number of pyridine rings is 1. The third-order valence-electron chi connectivity index (χ3n) is 1.77. The zero-order valence-corrected chi connectivity index (χ0v) is 9.29. The van der Waals surface area contributed by atoms with E-state index in [9.17, 15) is 14.4 Å². The highest BCUT2D eigenvalue weighted by Crippen LogP contribution is 1.91. The second-order valence-electron chi connectivity index (χ2n) is 3.16. The van der Waals surface area contributed by atoms with Gasteiger partial charge in [0.25, 0.3) is 5.91 Å². The van der Waals surface area contributed by atoms with E-state index in [1.54, 1.807) is 24.4 Å². The number of aliphatic carboxylic acids is 1. The number of carbonyl (C=O) groups is 3. The number of aromatic nitrogens is 1. The van der Waals surface area contributed by atoms with Crippen LogP contribution in [0.25, 0.3) is 0 Å². The number of hydrogen-bond acceptors (Lipinski definition) is 4. The summed E-state index contributed by atoms with van der Waals surface area (Å²) in [4.78, 5) is 36.3. The Morgan fingerprint density at radius 3 is 2.67 bits per heavy atom. The molecule has 0 saturated carbocycles. The molecule has 94 valence electrons. The van der Waals surface area contributed by atoms with Gasteiger partial charge in [-0.15, -0.1) is 0 Å². The van der Waals surface area contributed by atoms with Gasteiger partial charge < -0.3 is 10.4 Å². The van der Waals surface area contributed by atoms with Crippen molar-refractivity contribution in [3.63, 3.8) is 0 Å². The second kappa shape index (κ2) is 6.79. The zero-order valence-electron chi connectivity index (χ0n) is 9.29. The number of carbonyl (C=O) groups excluding carboxylic acids is 2. The van der Waals surface area contributed by atoms with Crippen molar-refractivity contribution < 1.29 is 19.5 Å². The van der Waals surface area contributed by atoms with Gasteiger partial charge in [0.1, 0.15) is 0 Å². The molecule has 0 spiro atoms. The molecule has 0 unspecified atom stereocenters. The SMILES string of the molecule is O=C(O)/C=C/C(=O)NC(=O)NCc1ccccn1. The summed E-state index contributed by atoms with van der Waals surface area (Å²) >= 11 is 0. The minimum atomic E-state index is -1.26. The minimum absolute atomic E-state index is 0.169. The lowest BCUT2D eigenvalue weighted by Gasteiger charge is -2.04. The van der Waals surface area contributed by atoms with Crippen molar-refractivity contribution in [2.45, 2.75) is 6.54 Å². The molecule has 18 heavy (non-hydrogen) atoms. The average molecular weight is 249 g/mol. The molecule has 1 heterocycles. The van der Waals surface area contributed by atoms with Crippen molar-refractivity contribution in [1.29, 1.82) is 0 Å². The molecule has 0 bridgehead atoms. The van der Waals surface area contributed by atoms with Crippen LogP contribution in [0.4, 0.5) is 4.79 Å². The normalized spacial score (nSPS) is 10.0. The van der Waals surface area contributed by atoms with E-state index in [1.807, 2.05) is 5.32 Å². The van der Waals surface area contributed by atoms with Crippen LogP contribution in [-0.2, 0) is 16.1 Å². The molecule has 0 aromatic carbocycles. The molecule has 7 nitrogen and oxygen atoms in total. The third-order valence-corrected chi connectivity index (χ3v) is 1.77. The quantitative estimate of drug-likeness (QED) is 0.653. The highest BCUT2D eigenvalue weighted by atomic mass is 16.4. The monoisotopic (exact) mass is 249 g/mol. The van der Waals surface area contributed by atoms with Crippen LogP contribution in [0.15, 0.2) is 36.5 Å². The van der Waals surface area contributed by atoms with Crippen molar-refractivity contribution in [1.82, 2.24) is 15.6 Å². The maximum absolute atomic E-state index is 11.2. The molecular weight excluding hydrogens is 238 g/mol. The molecule has 3 amide bonds. The predicted molar refractivity (Wildman–Crippen MR) is 61.4 cm³/mol. The van der Waals surface area contributed by atoms with Crippen LogP contribution < -0.4 is 10.6 Å². The molecule has 1 aromatic heterocycles. The summed E-state index contributed by atoms with van der Waals surface area (Å²) in [5, 5.41) is 12.6. The first-order valence-electron chi connectivity index (χ1n) is 4.97. The molecule has 0 saturated heterocycles. The van der Waals surface area contributed by atoms with Crippen LogP contribution in [0.3, 0.4) is 0 Å². The Morgan fingerprint density at radius 1 is 1.28 bits per heavy atom. The van der Waals surface area contributed by atoms with Crippen molar-refractivity contribution in [2.24, 2.45) is 0 Å². The van der Waals surface area contributed by atoms with Crippen LogP contribution in [-0.4, -0.2) is 28.0 Å². The van der Waals surface area contributed by atoms with E-state index in [0.717, 1.165) is 6.08 Å². The Morgan fingerprint density at radius 2 is 2.06 bits per heavy atom. The van der Waals surface area contributed by atoms with E-state index < -0.39 is 17.9 Å². The molecule has 7 heteroatoms. The number of nitrogens with zero attached hydrogens (tertiary/aromatic N) is 1. The smallest absolute Gasteiger partial charge is 0.328 e. The number of hydrogen-bond donors (Lipinski definition) is 3. The Kier molecular flexibility index (Phi) is 5.04. The molecule has 1 aromatic rings. The molecule has 0 aliphatic rings. The van der Waals surface area contributed by atoms with Gasteiger partial charge in [-0.3, -0.25) is 15.1 Å². The zero-order chi connectivity index (χ0) is 13.4. The average Bonchev–Trinajstić information content (AvgIpc) is 2.35. The van der Waals surface area contributed by atoms with Gasteiger partial charge in [0.2, 0.25) is 0 Å². The molecule has 0 aliphatic heterocycles. The minimum Gasteiger partial charge on any atom is -0.478 e. The molecule has 0 atom stereocenters. The fourth-order valence-corrected chi connectivity index (χ4v) is 1.02. The first-order chi connectivity index (χ1) is 8.58. The topological polar surface area (TPSA) is 108 Å². The highest BCUT2D eigenvalue weighted by molar-refractivity contribution is 6.02. The van der Waals surface area contributed by atoms with Crippen LogP contribution in [0.1, 0.15) is 5.69 Å². The molecule has 0 fully saturated rings. The molecule has 3 N–H and O–H groups in total. The van der Waals surface area contributed by atoms with Crippen molar-refractivity contribution >= 4 is 17.9 Å². The number of nitrogens with one attached hydrogen (secondary N) is 2. The van der Waals surface area contributed by atoms with Gasteiger partial charge in [-0.05, 0) is 12.1 Å². The van der Waals surface area contributed by atoms with Crippen molar-refractivity contribution in [3.05, 3.63) is 42.2 Å². The largest absolute Gasteiger partial charge is 0.478 e. The van der Waals surface area contributed by atoms with Gasteiger partial charge in [0.05, 0.1) is 12.2 Å². The molecule has 0 radical (unpaired) electrons. The van der Waals surface area contributed by atoms with Gasteiger partial charge in [0.15, 0.2) is 0 Å².